The van der Waals surface area contributed by atoms with E-state index < -0.39 is 5.97 Å². The van der Waals surface area contributed by atoms with Gasteiger partial charge in [0, 0.05) is 30.1 Å². The number of carbonyl (C=O) groups excluding carboxylic acids is 2. The van der Waals surface area contributed by atoms with Crippen LogP contribution in [0.5, 0.6) is 0 Å². The zero-order valence-electron chi connectivity index (χ0n) is 16.3. The molecule has 0 spiro atoms. The summed E-state index contributed by atoms with van der Waals surface area (Å²) in [4.78, 5) is 31.9. The van der Waals surface area contributed by atoms with E-state index >= 15 is 0 Å². The molecule has 3 rings (SSSR count). The number of amides is 1. The Morgan fingerprint density at radius 1 is 0.931 bits per heavy atom. The number of nitrogens with one attached hydrogen (secondary N) is 3. The lowest BCUT2D eigenvalue weighted by Gasteiger charge is -2.12. The normalized spacial score (nSPS) is 10.2. The number of esters is 1. The van der Waals surface area contributed by atoms with E-state index in [1.54, 1.807) is 36.4 Å². The number of ether oxygens (including phenoxy) is 1. The fourth-order valence-corrected chi connectivity index (χ4v) is 2.68. The van der Waals surface area contributed by atoms with Crippen molar-refractivity contribution in [2.45, 2.75) is 13.8 Å². The largest absolute Gasteiger partial charge is 0.465 e. The first kappa shape index (κ1) is 19.8. The standard InChI is InChI=1S/C21H21N5O3/c1-13-12-19(25-18-7-5-4-6-17(18)20(28)29-3)26-21(22-13)24-16-10-8-15(9-11-16)23-14(2)27/h4-12H,1-3H3,(H,23,27)(H2,22,24,25,26). The highest BCUT2D eigenvalue weighted by Gasteiger charge is 2.12. The van der Waals surface area contributed by atoms with Gasteiger partial charge in [-0.2, -0.15) is 4.98 Å². The Hall–Kier alpha value is -3.94. The molecule has 2 aromatic carbocycles. The maximum atomic E-state index is 12.0. The molecule has 0 saturated heterocycles. The Balaban J connectivity index is 1.80. The number of anilines is 5. The lowest BCUT2D eigenvalue weighted by molar-refractivity contribution is -0.114. The van der Waals surface area contributed by atoms with Gasteiger partial charge in [0.2, 0.25) is 11.9 Å². The summed E-state index contributed by atoms with van der Waals surface area (Å²) in [5.74, 6) is 0.369. The second-order valence-corrected chi connectivity index (χ2v) is 6.26. The van der Waals surface area contributed by atoms with Crippen molar-refractivity contribution < 1.29 is 14.3 Å². The van der Waals surface area contributed by atoms with Gasteiger partial charge in [0.05, 0.1) is 18.4 Å². The van der Waals surface area contributed by atoms with Crippen molar-refractivity contribution in [3.8, 4) is 0 Å². The van der Waals surface area contributed by atoms with Crippen LogP contribution in [0.1, 0.15) is 23.0 Å². The van der Waals surface area contributed by atoms with Gasteiger partial charge in [-0.1, -0.05) is 12.1 Å². The van der Waals surface area contributed by atoms with Gasteiger partial charge in [0.25, 0.3) is 0 Å². The number of benzene rings is 2. The van der Waals surface area contributed by atoms with Crippen LogP contribution in [0.2, 0.25) is 0 Å². The Labute approximate surface area is 168 Å². The first-order valence-electron chi connectivity index (χ1n) is 8.89. The van der Waals surface area contributed by atoms with Gasteiger partial charge in [0.1, 0.15) is 5.82 Å². The topological polar surface area (TPSA) is 105 Å². The summed E-state index contributed by atoms with van der Waals surface area (Å²) in [5.41, 5.74) is 3.22. The first-order valence-corrected chi connectivity index (χ1v) is 8.89. The summed E-state index contributed by atoms with van der Waals surface area (Å²) >= 11 is 0. The molecule has 0 saturated carbocycles. The van der Waals surface area contributed by atoms with Crippen molar-refractivity contribution >= 4 is 40.7 Å². The van der Waals surface area contributed by atoms with Crippen LogP contribution in [0, 0.1) is 6.92 Å². The molecule has 1 heterocycles. The number of hydrogen-bond donors (Lipinski definition) is 3. The van der Waals surface area contributed by atoms with Crippen molar-refractivity contribution in [2.24, 2.45) is 0 Å². The number of para-hydroxylation sites is 1. The van der Waals surface area contributed by atoms with E-state index in [1.807, 2.05) is 25.1 Å². The first-order chi connectivity index (χ1) is 13.9. The highest BCUT2D eigenvalue weighted by atomic mass is 16.5. The average Bonchev–Trinajstić information content (AvgIpc) is 2.68. The molecular formula is C21H21N5O3. The third-order valence-corrected chi connectivity index (χ3v) is 3.91. The number of nitrogens with zero attached hydrogens (tertiary/aromatic N) is 2. The zero-order chi connectivity index (χ0) is 20.8. The maximum absolute atomic E-state index is 12.0. The second kappa shape index (κ2) is 8.83. The molecule has 1 amide bonds. The molecule has 0 bridgehead atoms. The summed E-state index contributed by atoms with van der Waals surface area (Å²) in [6, 6.07) is 16.0. The van der Waals surface area contributed by atoms with Gasteiger partial charge in [-0.05, 0) is 43.3 Å². The molecule has 0 radical (unpaired) electrons. The molecule has 3 aromatic rings. The van der Waals surface area contributed by atoms with Gasteiger partial charge in [0.15, 0.2) is 0 Å². The van der Waals surface area contributed by atoms with Crippen LogP contribution in [0.3, 0.4) is 0 Å². The Morgan fingerprint density at radius 2 is 1.62 bits per heavy atom. The third-order valence-electron chi connectivity index (χ3n) is 3.91. The van der Waals surface area contributed by atoms with Gasteiger partial charge in [-0.25, -0.2) is 9.78 Å². The maximum Gasteiger partial charge on any atom is 0.339 e. The fraction of sp³-hybridized carbons (Fsp3) is 0.143. The van der Waals surface area contributed by atoms with Gasteiger partial charge in [-0.3, -0.25) is 4.79 Å². The highest BCUT2D eigenvalue weighted by Crippen LogP contribution is 2.23. The van der Waals surface area contributed by atoms with Crippen molar-refractivity contribution in [1.29, 1.82) is 0 Å². The van der Waals surface area contributed by atoms with Crippen LogP contribution in [0.25, 0.3) is 0 Å². The number of carbonyl (C=O) groups is 2. The Kier molecular flexibility index (Phi) is 6.03. The Bertz CT molecular complexity index is 1030. The van der Waals surface area contributed by atoms with E-state index in [0.29, 0.717) is 28.7 Å². The van der Waals surface area contributed by atoms with Crippen LogP contribution in [-0.4, -0.2) is 29.0 Å². The SMILES string of the molecule is COC(=O)c1ccccc1Nc1cc(C)nc(Nc2ccc(NC(C)=O)cc2)n1. The summed E-state index contributed by atoms with van der Waals surface area (Å²) in [5, 5.41) is 8.99. The molecule has 29 heavy (non-hydrogen) atoms. The summed E-state index contributed by atoms with van der Waals surface area (Å²) < 4.78 is 4.82. The molecule has 148 valence electrons. The number of methoxy groups -OCH3 is 1. The van der Waals surface area contributed by atoms with Crippen LogP contribution in [0.4, 0.5) is 28.8 Å². The van der Waals surface area contributed by atoms with E-state index in [0.717, 1.165) is 11.4 Å². The molecule has 0 unspecified atom stereocenters. The second-order valence-electron chi connectivity index (χ2n) is 6.26. The minimum atomic E-state index is -0.434. The lowest BCUT2D eigenvalue weighted by atomic mass is 10.2. The molecule has 0 aliphatic rings. The van der Waals surface area contributed by atoms with E-state index in [9.17, 15) is 9.59 Å². The minimum Gasteiger partial charge on any atom is -0.465 e. The number of aromatic nitrogens is 2. The van der Waals surface area contributed by atoms with E-state index in [4.69, 9.17) is 4.74 Å². The molecular weight excluding hydrogens is 370 g/mol. The molecule has 8 nitrogen and oxygen atoms in total. The predicted octanol–water partition coefficient (Wildman–Crippen LogP) is 4.02. The van der Waals surface area contributed by atoms with Gasteiger partial charge >= 0.3 is 5.97 Å². The van der Waals surface area contributed by atoms with Crippen LogP contribution in [-0.2, 0) is 9.53 Å². The molecule has 0 fully saturated rings. The lowest BCUT2D eigenvalue weighted by Crippen LogP contribution is -2.07. The van der Waals surface area contributed by atoms with Gasteiger partial charge < -0.3 is 20.7 Å². The predicted molar refractivity (Wildman–Crippen MR) is 112 cm³/mol. The van der Waals surface area contributed by atoms with E-state index in [-0.39, 0.29) is 5.91 Å². The molecule has 1 aromatic heterocycles. The summed E-state index contributed by atoms with van der Waals surface area (Å²) in [7, 11) is 1.34. The molecule has 8 heteroatoms. The molecule has 0 aliphatic carbocycles. The average molecular weight is 391 g/mol. The van der Waals surface area contributed by atoms with Crippen molar-refractivity contribution in [2.75, 3.05) is 23.1 Å². The van der Waals surface area contributed by atoms with Crippen molar-refractivity contribution in [3.05, 3.63) is 65.9 Å². The number of hydrogen-bond acceptors (Lipinski definition) is 7. The summed E-state index contributed by atoms with van der Waals surface area (Å²) in [6.07, 6.45) is 0. The minimum absolute atomic E-state index is 0.129. The summed E-state index contributed by atoms with van der Waals surface area (Å²) in [6.45, 7) is 3.31. The van der Waals surface area contributed by atoms with Gasteiger partial charge in [-0.15, -0.1) is 0 Å². The van der Waals surface area contributed by atoms with Crippen molar-refractivity contribution in [1.82, 2.24) is 9.97 Å². The van der Waals surface area contributed by atoms with Crippen LogP contribution >= 0.6 is 0 Å². The van der Waals surface area contributed by atoms with E-state index in [1.165, 1.54) is 14.0 Å². The zero-order valence-corrected chi connectivity index (χ0v) is 16.3. The quantitative estimate of drug-likeness (QED) is 0.545. The molecule has 0 aliphatic heterocycles. The monoisotopic (exact) mass is 391 g/mol. The third kappa shape index (κ3) is 5.29. The number of rotatable bonds is 6. The fourth-order valence-electron chi connectivity index (χ4n) is 2.68. The van der Waals surface area contributed by atoms with E-state index in [2.05, 4.69) is 25.9 Å². The van der Waals surface area contributed by atoms with Crippen molar-refractivity contribution in [3.63, 3.8) is 0 Å². The smallest absolute Gasteiger partial charge is 0.339 e. The van der Waals surface area contributed by atoms with Crippen LogP contribution < -0.4 is 16.0 Å². The van der Waals surface area contributed by atoms with Crippen LogP contribution in [0.15, 0.2) is 54.6 Å². The number of aryl methyl sites for hydroxylation is 1. The molecule has 0 atom stereocenters. The highest BCUT2D eigenvalue weighted by molar-refractivity contribution is 5.96. The Morgan fingerprint density at radius 3 is 2.31 bits per heavy atom. The molecule has 3 N–H and O–H groups in total.